The van der Waals surface area contributed by atoms with Gasteiger partial charge >= 0.3 is 5.97 Å². The van der Waals surface area contributed by atoms with Gasteiger partial charge in [-0.2, -0.15) is 0 Å². The number of hydrogen-bond donors (Lipinski definition) is 1. The standard InChI is InChI=1S/C19H20N4O4S2/c1-3-27-18(26)11-9-28-19(20-11)22-15(24)14-10(2)13-16(29-14)21-12-7-5-4-6-8-23(12)17(13)25/h9H,3-8H2,1-2H3,(H,20,22,24). The van der Waals surface area contributed by atoms with Crippen molar-refractivity contribution in [2.75, 3.05) is 11.9 Å². The molecule has 1 aliphatic rings. The fourth-order valence-electron chi connectivity index (χ4n) is 3.41. The third-order valence-electron chi connectivity index (χ3n) is 4.83. The molecule has 0 aromatic carbocycles. The predicted octanol–water partition coefficient (Wildman–Crippen LogP) is 3.38. The zero-order chi connectivity index (χ0) is 20.5. The molecule has 0 bridgehead atoms. The first-order chi connectivity index (χ1) is 14.0. The van der Waals surface area contributed by atoms with Gasteiger partial charge in [0.1, 0.15) is 10.7 Å². The Labute approximate surface area is 174 Å². The van der Waals surface area contributed by atoms with Gasteiger partial charge in [-0.25, -0.2) is 14.8 Å². The average Bonchev–Trinajstić information content (AvgIpc) is 3.19. The van der Waals surface area contributed by atoms with Crippen molar-refractivity contribution in [2.45, 2.75) is 46.1 Å². The van der Waals surface area contributed by atoms with Crippen LogP contribution in [0.15, 0.2) is 10.2 Å². The van der Waals surface area contributed by atoms with Crippen LogP contribution in [0.25, 0.3) is 10.2 Å². The van der Waals surface area contributed by atoms with E-state index < -0.39 is 5.97 Å². The maximum absolute atomic E-state index is 13.0. The normalized spacial score (nSPS) is 13.7. The van der Waals surface area contributed by atoms with E-state index in [0.29, 0.717) is 32.3 Å². The Morgan fingerprint density at radius 3 is 2.90 bits per heavy atom. The zero-order valence-corrected chi connectivity index (χ0v) is 17.7. The van der Waals surface area contributed by atoms with Gasteiger partial charge in [-0.15, -0.1) is 22.7 Å². The predicted molar refractivity (Wildman–Crippen MR) is 112 cm³/mol. The summed E-state index contributed by atoms with van der Waals surface area (Å²) >= 11 is 2.36. The Morgan fingerprint density at radius 1 is 1.28 bits per heavy atom. The van der Waals surface area contributed by atoms with Gasteiger partial charge in [-0.05, 0) is 32.3 Å². The molecule has 29 heavy (non-hydrogen) atoms. The van der Waals surface area contributed by atoms with Crippen LogP contribution in [0.1, 0.15) is 57.7 Å². The van der Waals surface area contributed by atoms with Crippen LogP contribution in [0.3, 0.4) is 0 Å². The quantitative estimate of drug-likeness (QED) is 0.634. The average molecular weight is 433 g/mol. The van der Waals surface area contributed by atoms with Crippen molar-refractivity contribution < 1.29 is 14.3 Å². The Bertz CT molecular complexity index is 1160. The van der Waals surface area contributed by atoms with Crippen molar-refractivity contribution in [2.24, 2.45) is 0 Å². The number of nitrogens with one attached hydrogen (secondary N) is 1. The largest absolute Gasteiger partial charge is 0.461 e. The molecule has 1 N–H and O–H groups in total. The van der Waals surface area contributed by atoms with Crippen LogP contribution in [0, 0.1) is 6.92 Å². The maximum Gasteiger partial charge on any atom is 0.357 e. The molecule has 8 nitrogen and oxygen atoms in total. The molecule has 4 rings (SSSR count). The highest BCUT2D eigenvalue weighted by Crippen LogP contribution is 2.29. The number of thiophene rings is 1. The summed E-state index contributed by atoms with van der Waals surface area (Å²) in [5.41, 5.74) is 0.712. The Morgan fingerprint density at radius 2 is 2.10 bits per heavy atom. The summed E-state index contributed by atoms with van der Waals surface area (Å²) in [6.07, 6.45) is 3.84. The van der Waals surface area contributed by atoms with Crippen LogP contribution < -0.4 is 10.9 Å². The summed E-state index contributed by atoms with van der Waals surface area (Å²) < 4.78 is 6.66. The number of anilines is 1. The molecule has 1 aliphatic heterocycles. The van der Waals surface area contributed by atoms with Gasteiger partial charge in [0, 0.05) is 18.3 Å². The molecule has 0 aliphatic carbocycles. The lowest BCUT2D eigenvalue weighted by molar-refractivity contribution is 0.0520. The van der Waals surface area contributed by atoms with Crippen LogP contribution >= 0.6 is 22.7 Å². The summed E-state index contributed by atoms with van der Waals surface area (Å²) in [7, 11) is 0. The maximum atomic E-state index is 13.0. The van der Waals surface area contributed by atoms with E-state index in [9.17, 15) is 14.4 Å². The van der Waals surface area contributed by atoms with E-state index in [2.05, 4.69) is 15.3 Å². The SMILES string of the molecule is CCOC(=O)c1csc(NC(=O)c2sc3nc4n(c(=O)c3c2C)CCCCC4)n1. The number of fused-ring (bicyclic) bond motifs is 2. The van der Waals surface area contributed by atoms with Crippen molar-refractivity contribution >= 4 is 49.9 Å². The first kappa shape index (κ1) is 19.7. The van der Waals surface area contributed by atoms with Crippen LogP contribution in [0.5, 0.6) is 0 Å². The minimum atomic E-state index is -0.527. The summed E-state index contributed by atoms with van der Waals surface area (Å²) in [6.45, 7) is 4.41. The third kappa shape index (κ3) is 3.69. The first-order valence-electron chi connectivity index (χ1n) is 9.46. The van der Waals surface area contributed by atoms with Crippen molar-refractivity contribution in [1.29, 1.82) is 0 Å². The Hall–Kier alpha value is -2.59. The minimum absolute atomic E-state index is 0.0708. The highest BCUT2D eigenvalue weighted by Gasteiger charge is 2.23. The summed E-state index contributed by atoms with van der Waals surface area (Å²) in [6, 6.07) is 0. The number of aromatic nitrogens is 3. The van der Waals surface area contributed by atoms with E-state index in [0.717, 1.165) is 42.8 Å². The molecule has 10 heteroatoms. The third-order valence-corrected chi connectivity index (χ3v) is 6.77. The number of thiazole rings is 1. The van der Waals surface area contributed by atoms with Gasteiger partial charge in [-0.1, -0.05) is 6.42 Å². The second kappa shape index (κ2) is 8.03. The zero-order valence-electron chi connectivity index (χ0n) is 16.1. The summed E-state index contributed by atoms with van der Waals surface area (Å²) in [5.74, 6) is -0.0944. The smallest absolute Gasteiger partial charge is 0.357 e. The first-order valence-corrected chi connectivity index (χ1v) is 11.2. The van der Waals surface area contributed by atoms with Gasteiger partial charge in [0.05, 0.1) is 16.9 Å². The van der Waals surface area contributed by atoms with E-state index >= 15 is 0 Å². The molecule has 0 unspecified atom stereocenters. The highest BCUT2D eigenvalue weighted by molar-refractivity contribution is 7.21. The highest BCUT2D eigenvalue weighted by atomic mass is 32.1. The van der Waals surface area contributed by atoms with E-state index in [1.165, 1.54) is 16.7 Å². The molecule has 3 aromatic heterocycles. The molecule has 0 saturated heterocycles. The molecule has 4 heterocycles. The second-order valence-corrected chi connectivity index (χ2v) is 8.60. The fraction of sp³-hybridized carbons (Fsp3) is 0.421. The Balaban J connectivity index is 1.65. The van der Waals surface area contributed by atoms with E-state index in [1.807, 2.05) is 0 Å². The summed E-state index contributed by atoms with van der Waals surface area (Å²) in [5, 5.41) is 5.06. The number of carbonyl (C=O) groups excluding carboxylic acids is 2. The van der Waals surface area contributed by atoms with Crippen LogP contribution in [-0.4, -0.2) is 33.0 Å². The number of rotatable bonds is 4. The van der Waals surface area contributed by atoms with Gasteiger partial charge in [0.25, 0.3) is 11.5 Å². The van der Waals surface area contributed by atoms with E-state index in [1.54, 1.807) is 18.4 Å². The lowest BCUT2D eigenvalue weighted by atomic mass is 10.2. The molecule has 1 amide bonds. The molecule has 0 radical (unpaired) electrons. The van der Waals surface area contributed by atoms with Gasteiger partial charge in [0.15, 0.2) is 10.8 Å². The Kier molecular flexibility index (Phi) is 5.46. The molecule has 0 fully saturated rings. The number of ether oxygens (including phenoxy) is 1. The number of amides is 1. The summed E-state index contributed by atoms with van der Waals surface area (Å²) in [4.78, 5) is 47.4. The van der Waals surface area contributed by atoms with Crippen LogP contribution in [0.4, 0.5) is 5.13 Å². The molecule has 3 aromatic rings. The number of carbonyl (C=O) groups is 2. The van der Waals surface area contributed by atoms with Gasteiger partial charge in [-0.3, -0.25) is 19.5 Å². The van der Waals surface area contributed by atoms with Crippen molar-refractivity contribution in [1.82, 2.24) is 14.5 Å². The van der Waals surface area contributed by atoms with Crippen LogP contribution in [0.2, 0.25) is 0 Å². The lowest BCUT2D eigenvalue weighted by Gasteiger charge is -2.08. The fourth-order valence-corrected chi connectivity index (χ4v) is 5.17. The molecular weight excluding hydrogens is 412 g/mol. The van der Waals surface area contributed by atoms with Crippen molar-refractivity contribution in [3.8, 4) is 0 Å². The molecule has 152 valence electrons. The minimum Gasteiger partial charge on any atom is -0.461 e. The second-order valence-electron chi connectivity index (χ2n) is 6.74. The number of aryl methyl sites for hydroxylation is 2. The molecular formula is C19H20N4O4S2. The van der Waals surface area contributed by atoms with Gasteiger partial charge in [0.2, 0.25) is 0 Å². The topological polar surface area (TPSA) is 103 Å². The number of hydrogen-bond acceptors (Lipinski definition) is 8. The van der Waals surface area contributed by atoms with Crippen molar-refractivity contribution in [3.63, 3.8) is 0 Å². The molecule has 0 saturated carbocycles. The molecule has 0 spiro atoms. The van der Waals surface area contributed by atoms with Crippen molar-refractivity contribution in [3.05, 3.63) is 37.7 Å². The van der Waals surface area contributed by atoms with E-state index in [-0.39, 0.29) is 23.8 Å². The van der Waals surface area contributed by atoms with Crippen LogP contribution in [-0.2, 0) is 17.7 Å². The monoisotopic (exact) mass is 432 g/mol. The molecule has 0 atom stereocenters. The number of nitrogens with zero attached hydrogens (tertiary/aromatic N) is 3. The number of esters is 1. The van der Waals surface area contributed by atoms with E-state index in [4.69, 9.17) is 4.74 Å². The van der Waals surface area contributed by atoms with Gasteiger partial charge < -0.3 is 4.74 Å². The lowest BCUT2D eigenvalue weighted by Crippen LogP contribution is -2.24.